The van der Waals surface area contributed by atoms with E-state index in [1.54, 1.807) is 0 Å². The van der Waals surface area contributed by atoms with E-state index in [-0.39, 0.29) is 6.10 Å². The van der Waals surface area contributed by atoms with Gasteiger partial charge in [0.15, 0.2) is 0 Å². The van der Waals surface area contributed by atoms with Crippen LogP contribution in [0.4, 0.5) is 0 Å². The highest BCUT2D eigenvalue weighted by Crippen LogP contribution is 2.24. The van der Waals surface area contributed by atoms with E-state index in [4.69, 9.17) is 4.74 Å². The highest BCUT2D eigenvalue weighted by atomic mass is 32.1. The highest BCUT2D eigenvalue weighted by Gasteiger charge is 2.11. The molecule has 0 bridgehead atoms. The van der Waals surface area contributed by atoms with Crippen LogP contribution in [-0.2, 0) is 6.54 Å². The molecule has 0 spiro atoms. The van der Waals surface area contributed by atoms with Gasteiger partial charge in [0.05, 0.1) is 6.10 Å². The Bertz CT molecular complexity index is 522. The molecule has 1 atom stereocenters. The lowest BCUT2D eigenvalue weighted by Gasteiger charge is -2.17. The zero-order chi connectivity index (χ0) is 15.1. The molecule has 1 aromatic carbocycles. The molecule has 0 amide bonds. The second-order valence-electron chi connectivity index (χ2n) is 5.55. The van der Waals surface area contributed by atoms with Gasteiger partial charge in [-0.15, -0.1) is 11.3 Å². The Morgan fingerprint density at radius 2 is 2.05 bits per heavy atom. The number of hydrogen-bond donors (Lipinski definition) is 1. The second kappa shape index (κ2) is 8.20. The van der Waals surface area contributed by atoms with Crippen molar-refractivity contribution in [2.24, 2.45) is 0 Å². The van der Waals surface area contributed by atoms with E-state index in [0.29, 0.717) is 6.04 Å². The van der Waals surface area contributed by atoms with E-state index in [1.807, 2.05) is 17.4 Å². The monoisotopic (exact) mass is 303 g/mol. The molecule has 1 unspecified atom stereocenters. The van der Waals surface area contributed by atoms with Crippen LogP contribution in [0, 0.1) is 0 Å². The number of hydrogen-bond acceptors (Lipinski definition) is 3. The van der Waals surface area contributed by atoms with Crippen LogP contribution in [0.15, 0.2) is 41.8 Å². The van der Waals surface area contributed by atoms with Gasteiger partial charge in [0.1, 0.15) is 5.75 Å². The smallest absolute Gasteiger partial charge is 0.120 e. The van der Waals surface area contributed by atoms with Crippen LogP contribution in [0.2, 0.25) is 0 Å². The summed E-state index contributed by atoms with van der Waals surface area (Å²) in [7, 11) is 0. The van der Waals surface area contributed by atoms with Gasteiger partial charge in [0.25, 0.3) is 0 Å². The molecule has 21 heavy (non-hydrogen) atoms. The van der Waals surface area contributed by atoms with Gasteiger partial charge < -0.3 is 10.1 Å². The number of thiophene rings is 1. The van der Waals surface area contributed by atoms with Crippen molar-refractivity contribution in [3.63, 3.8) is 0 Å². The molecular formula is C18H25NOS. The summed E-state index contributed by atoms with van der Waals surface area (Å²) in [4.78, 5) is 1.42. The molecule has 1 N–H and O–H groups in total. The Morgan fingerprint density at radius 1 is 1.19 bits per heavy atom. The van der Waals surface area contributed by atoms with Crippen LogP contribution in [-0.4, -0.2) is 6.10 Å². The fraction of sp³-hybridized carbons (Fsp3) is 0.444. The summed E-state index contributed by atoms with van der Waals surface area (Å²) in [5, 5.41) is 5.82. The van der Waals surface area contributed by atoms with Crippen LogP contribution in [0.5, 0.6) is 5.75 Å². The van der Waals surface area contributed by atoms with Crippen LogP contribution in [0.1, 0.15) is 50.1 Å². The standard InChI is InChI=1S/C18H25NOS/c1-4-7-17(18-10-6-11-21-18)19-13-15-8-5-9-16(12-15)20-14(2)3/h5-6,8-12,14,17,19H,4,7,13H2,1-3H3. The minimum atomic E-state index is 0.215. The van der Waals surface area contributed by atoms with Gasteiger partial charge in [-0.25, -0.2) is 0 Å². The van der Waals surface area contributed by atoms with Crippen molar-refractivity contribution in [1.29, 1.82) is 0 Å². The molecule has 0 fully saturated rings. The van der Waals surface area contributed by atoms with Gasteiger partial charge in [-0.1, -0.05) is 31.5 Å². The van der Waals surface area contributed by atoms with Gasteiger partial charge in [-0.2, -0.15) is 0 Å². The SMILES string of the molecule is CCCC(NCc1cccc(OC(C)C)c1)c1cccs1. The quantitative estimate of drug-likeness (QED) is 0.726. The third kappa shape index (κ3) is 5.18. The highest BCUT2D eigenvalue weighted by molar-refractivity contribution is 7.10. The fourth-order valence-electron chi connectivity index (χ4n) is 2.37. The molecular weight excluding hydrogens is 278 g/mol. The van der Waals surface area contributed by atoms with Crippen LogP contribution >= 0.6 is 11.3 Å². The maximum absolute atomic E-state index is 5.76. The van der Waals surface area contributed by atoms with Crippen LogP contribution < -0.4 is 10.1 Å². The predicted molar refractivity (Wildman–Crippen MR) is 91.0 cm³/mol. The van der Waals surface area contributed by atoms with Crippen molar-refractivity contribution < 1.29 is 4.74 Å². The van der Waals surface area contributed by atoms with E-state index in [0.717, 1.165) is 12.3 Å². The molecule has 0 saturated carbocycles. The number of nitrogens with one attached hydrogen (secondary N) is 1. The van der Waals surface area contributed by atoms with E-state index in [1.165, 1.54) is 23.3 Å². The Labute approximate surface area is 132 Å². The summed E-state index contributed by atoms with van der Waals surface area (Å²) in [5.74, 6) is 0.951. The number of benzene rings is 1. The van der Waals surface area contributed by atoms with Crippen molar-refractivity contribution in [3.05, 3.63) is 52.2 Å². The summed E-state index contributed by atoms with van der Waals surface area (Å²) >= 11 is 1.83. The van der Waals surface area contributed by atoms with E-state index >= 15 is 0 Å². The Morgan fingerprint density at radius 3 is 2.71 bits per heavy atom. The molecule has 2 aromatic rings. The summed E-state index contributed by atoms with van der Waals surface area (Å²) in [6.45, 7) is 7.22. The molecule has 0 aliphatic rings. The van der Waals surface area contributed by atoms with E-state index < -0.39 is 0 Å². The lowest BCUT2D eigenvalue weighted by Crippen LogP contribution is -2.20. The third-order valence-corrected chi connectivity index (χ3v) is 4.27. The zero-order valence-electron chi connectivity index (χ0n) is 13.1. The lowest BCUT2D eigenvalue weighted by atomic mass is 10.1. The van der Waals surface area contributed by atoms with Crippen molar-refractivity contribution in [2.75, 3.05) is 0 Å². The predicted octanol–water partition coefficient (Wildman–Crippen LogP) is 5.17. The van der Waals surface area contributed by atoms with Crippen molar-refractivity contribution in [1.82, 2.24) is 5.32 Å². The van der Waals surface area contributed by atoms with E-state index in [9.17, 15) is 0 Å². The Balaban J connectivity index is 1.97. The molecule has 3 heteroatoms. The third-order valence-electron chi connectivity index (χ3n) is 3.29. The lowest BCUT2D eigenvalue weighted by molar-refractivity contribution is 0.242. The van der Waals surface area contributed by atoms with Gasteiger partial charge in [0.2, 0.25) is 0 Å². The molecule has 114 valence electrons. The average molecular weight is 303 g/mol. The normalized spacial score (nSPS) is 12.6. The average Bonchev–Trinajstić information content (AvgIpc) is 2.97. The van der Waals surface area contributed by atoms with Gasteiger partial charge >= 0.3 is 0 Å². The molecule has 0 aliphatic heterocycles. The first-order chi connectivity index (χ1) is 10.2. The Hall–Kier alpha value is -1.32. The maximum Gasteiger partial charge on any atom is 0.120 e. The molecule has 0 radical (unpaired) electrons. The topological polar surface area (TPSA) is 21.3 Å². The van der Waals surface area contributed by atoms with Gasteiger partial charge in [-0.3, -0.25) is 0 Å². The largest absolute Gasteiger partial charge is 0.491 e. The summed E-state index contributed by atoms with van der Waals surface area (Å²) in [6.07, 6.45) is 2.57. The van der Waals surface area contributed by atoms with Gasteiger partial charge in [-0.05, 0) is 49.4 Å². The molecule has 2 nitrogen and oxygen atoms in total. The van der Waals surface area contributed by atoms with Crippen molar-refractivity contribution in [2.45, 2.75) is 52.3 Å². The minimum absolute atomic E-state index is 0.215. The second-order valence-corrected chi connectivity index (χ2v) is 6.53. The van der Waals surface area contributed by atoms with Gasteiger partial charge in [0, 0.05) is 17.5 Å². The number of ether oxygens (including phenoxy) is 1. The molecule has 2 rings (SSSR count). The molecule has 1 aromatic heterocycles. The molecule has 0 aliphatic carbocycles. The molecule has 0 saturated heterocycles. The van der Waals surface area contributed by atoms with Crippen LogP contribution in [0.3, 0.4) is 0 Å². The van der Waals surface area contributed by atoms with Crippen LogP contribution in [0.25, 0.3) is 0 Å². The fourth-order valence-corrected chi connectivity index (χ4v) is 3.20. The Kier molecular flexibility index (Phi) is 6.27. The van der Waals surface area contributed by atoms with Crippen molar-refractivity contribution >= 4 is 11.3 Å². The summed E-state index contributed by atoms with van der Waals surface area (Å²) < 4.78 is 5.76. The molecule has 1 heterocycles. The summed E-state index contributed by atoms with van der Waals surface area (Å²) in [6, 6.07) is 13.2. The first-order valence-electron chi connectivity index (χ1n) is 7.71. The first-order valence-corrected chi connectivity index (χ1v) is 8.59. The first kappa shape index (κ1) is 16.1. The zero-order valence-corrected chi connectivity index (χ0v) is 14.0. The van der Waals surface area contributed by atoms with E-state index in [2.05, 4.69) is 61.8 Å². The minimum Gasteiger partial charge on any atom is -0.491 e. The number of rotatable bonds is 8. The summed E-state index contributed by atoms with van der Waals surface area (Å²) in [5.41, 5.74) is 1.27. The maximum atomic E-state index is 5.76. The van der Waals surface area contributed by atoms with Crippen molar-refractivity contribution in [3.8, 4) is 5.75 Å².